The molecule has 2 N–H and O–H groups in total. The Morgan fingerprint density at radius 1 is 1.53 bits per heavy atom. The van der Waals surface area contributed by atoms with Crippen LogP contribution < -0.4 is 5.73 Å². The van der Waals surface area contributed by atoms with Crippen LogP contribution in [0.15, 0.2) is 18.3 Å². The molecule has 1 saturated heterocycles. The van der Waals surface area contributed by atoms with Gasteiger partial charge in [0.2, 0.25) is 0 Å². The quantitative estimate of drug-likeness (QED) is 0.869. The fraction of sp³-hybridized carbons (Fsp3) is 0.643. The maximum Gasteiger partial charge on any atom is 0.0417 e. The predicted octanol–water partition coefficient (Wildman–Crippen LogP) is 2.09. The molecule has 1 fully saturated rings. The van der Waals surface area contributed by atoms with E-state index in [1.54, 1.807) is 0 Å². The molecule has 2 unspecified atom stereocenters. The number of rotatable bonds is 3. The van der Waals surface area contributed by atoms with E-state index >= 15 is 0 Å². The van der Waals surface area contributed by atoms with E-state index in [2.05, 4.69) is 29.8 Å². The van der Waals surface area contributed by atoms with Crippen molar-refractivity contribution in [3.05, 3.63) is 29.6 Å². The molecule has 17 heavy (non-hydrogen) atoms. The van der Waals surface area contributed by atoms with Crippen molar-refractivity contribution < 1.29 is 0 Å². The third-order valence-corrected chi connectivity index (χ3v) is 3.76. The van der Waals surface area contributed by atoms with E-state index in [1.807, 2.05) is 12.3 Å². The van der Waals surface area contributed by atoms with E-state index in [0.717, 1.165) is 12.2 Å². The molecular weight excluding hydrogens is 210 g/mol. The second kappa shape index (κ2) is 5.61. The van der Waals surface area contributed by atoms with Crippen molar-refractivity contribution >= 4 is 0 Å². The van der Waals surface area contributed by atoms with Crippen molar-refractivity contribution in [2.24, 2.45) is 5.73 Å². The average molecular weight is 233 g/mol. The van der Waals surface area contributed by atoms with E-state index in [1.165, 1.54) is 31.4 Å². The van der Waals surface area contributed by atoms with E-state index in [4.69, 9.17) is 5.73 Å². The van der Waals surface area contributed by atoms with Crippen LogP contribution >= 0.6 is 0 Å². The van der Waals surface area contributed by atoms with Crippen LogP contribution in [0.1, 0.15) is 37.4 Å². The second-order valence-electron chi connectivity index (χ2n) is 5.14. The maximum absolute atomic E-state index is 6.09. The molecule has 0 aliphatic carbocycles. The highest BCUT2D eigenvalue weighted by Crippen LogP contribution is 2.21. The Kier molecular flexibility index (Phi) is 4.13. The summed E-state index contributed by atoms with van der Waals surface area (Å²) < 4.78 is 0. The first-order chi connectivity index (χ1) is 8.18. The topological polar surface area (TPSA) is 42.2 Å². The van der Waals surface area contributed by atoms with Gasteiger partial charge in [0.1, 0.15) is 0 Å². The predicted molar refractivity (Wildman–Crippen MR) is 70.7 cm³/mol. The Hall–Kier alpha value is -0.930. The fourth-order valence-corrected chi connectivity index (χ4v) is 2.71. The van der Waals surface area contributed by atoms with E-state index in [9.17, 15) is 0 Å². The maximum atomic E-state index is 6.09. The lowest BCUT2D eigenvalue weighted by molar-refractivity contribution is 0.122. The summed E-state index contributed by atoms with van der Waals surface area (Å²) in [5.74, 6) is 0. The molecule has 2 heterocycles. The van der Waals surface area contributed by atoms with Crippen molar-refractivity contribution in [2.45, 2.75) is 51.7 Å². The molecule has 0 radical (unpaired) electrons. The number of nitrogens with two attached hydrogens (primary N) is 1. The molecule has 1 aliphatic heterocycles. The molecule has 0 aromatic carbocycles. The summed E-state index contributed by atoms with van der Waals surface area (Å²) in [4.78, 5) is 6.88. The van der Waals surface area contributed by atoms with Crippen LogP contribution in [0.2, 0.25) is 0 Å². The normalized spacial score (nSPS) is 23.6. The monoisotopic (exact) mass is 233 g/mol. The molecule has 0 bridgehead atoms. The molecule has 3 heteroatoms. The summed E-state index contributed by atoms with van der Waals surface area (Å²) >= 11 is 0. The number of hydrogen-bond acceptors (Lipinski definition) is 3. The lowest BCUT2D eigenvalue weighted by Gasteiger charge is -2.38. The molecule has 94 valence electrons. The van der Waals surface area contributed by atoms with Crippen LogP contribution in [0.3, 0.4) is 0 Å². The van der Waals surface area contributed by atoms with Crippen molar-refractivity contribution in [2.75, 3.05) is 6.54 Å². The molecule has 2 atom stereocenters. The molecule has 0 spiro atoms. The largest absolute Gasteiger partial charge is 0.327 e. The van der Waals surface area contributed by atoms with E-state index in [0.29, 0.717) is 6.04 Å². The summed E-state index contributed by atoms with van der Waals surface area (Å²) in [7, 11) is 0. The van der Waals surface area contributed by atoms with Gasteiger partial charge in [0.25, 0.3) is 0 Å². The van der Waals surface area contributed by atoms with Gasteiger partial charge >= 0.3 is 0 Å². The van der Waals surface area contributed by atoms with Gasteiger partial charge in [0, 0.05) is 30.5 Å². The van der Waals surface area contributed by atoms with E-state index in [-0.39, 0.29) is 6.04 Å². The highest BCUT2D eigenvalue weighted by molar-refractivity contribution is 5.18. The summed E-state index contributed by atoms with van der Waals surface area (Å²) in [6.45, 7) is 6.37. The molecule has 3 nitrogen and oxygen atoms in total. The minimum Gasteiger partial charge on any atom is -0.327 e. The van der Waals surface area contributed by atoms with Crippen LogP contribution in [-0.2, 0) is 6.54 Å². The highest BCUT2D eigenvalue weighted by atomic mass is 15.2. The molecule has 0 amide bonds. The number of piperidine rings is 1. The van der Waals surface area contributed by atoms with Crippen molar-refractivity contribution in [1.29, 1.82) is 0 Å². The van der Waals surface area contributed by atoms with Crippen molar-refractivity contribution in [3.63, 3.8) is 0 Å². The third kappa shape index (κ3) is 3.05. The minimum absolute atomic E-state index is 0.257. The Bertz CT molecular complexity index is 362. The van der Waals surface area contributed by atoms with Gasteiger partial charge in [-0.2, -0.15) is 0 Å². The number of likely N-dealkylation sites (tertiary alicyclic amines) is 1. The highest BCUT2D eigenvalue weighted by Gasteiger charge is 2.25. The zero-order chi connectivity index (χ0) is 12.3. The Morgan fingerprint density at radius 2 is 2.35 bits per heavy atom. The van der Waals surface area contributed by atoms with Gasteiger partial charge in [-0.1, -0.05) is 12.5 Å². The Balaban J connectivity index is 2.08. The van der Waals surface area contributed by atoms with Crippen molar-refractivity contribution in [3.8, 4) is 0 Å². The van der Waals surface area contributed by atoms with Gasteiger partial charge in [0.15, 0.2) is 0 Å². The standard InChI is InChI=1S/C14H23N3/c1-11(15)14-7-3-4-9-17(14)10-13-6-5-8-16-12(13)2/h5-6,8,11,14H,3-4,7,9-10,15H2,1-2H3. The molecule has 1 aliphatic rings. The van der Waals surface area contributed by atoms with Gasteiger partial charge in [0.05, 0.1) is 0 Å². The molecule has 0 saturated carbocycles. The number of aryl methyl sites for hydroxylation is 1. The minimum atomic E-state index is 0.257. The molecule has 1 aromatic rings. The number of hydrogen-bond donors (Lipinski definition) is 1. The first-order valence-corrected chi connectivity index (χ1v) is 6.58. The number of aromatic nitrogens is 1. The second-order valence-corrected chi connectivity index (χ2v) is 5.14. The first-order valence-electron chi connectivity index (χ1n) is 6.58. The van der Waals surface area contributed by atoms with Crippen molar-refractivity contribution in [1.82, 2.24) is 9.88 Å². The first kappa shape index (κ1) is 12.5. The average Bonchev–Trinajstić information content (AvgIpc) is 2.32. The Labute approximate surface area is 104 Å². The summed E-state index contributed by atoms with van der Waals surface area (Å²) in [6.07, 6.45) is 5.70. The number of pyridine rings is 1. The van der Waals surface area contributed by atoms with Crippen LogP contribution in [0, 0.1) is 6.92 Å². The zero-order valence-corrected chi connectivity index (χ0v) is 10.9. The van der Waals surface area contributed by atoms with E-state index < -0.39 is 0 Å². The van der Waals surface area contributed by atoms with Crippen LogP contribution in [0.5, 0.6) is 0 Å². The lowest BCUT2D eigenvalue weighted by Crippen LogP contribution is -2.48. The van der Waals surface area contributed by atoms with Gasteiger partial charge in [-0.25, -0.2) is 0 Å². The summed E-state index contributed by atoms with van der Waals surface area (Å²) in [6, 6.07) is 4.98. The zero-order valence-electron chi connectivity index (χ0n) is 10.9. The molecule has 2 rings (SSSR count). The number of nitrogens with zero attached hydrogens (tertiary/aromatic N) is 2. The van der Waals surface area contributed by atoms with Gasteiger partial charge < -0.3 is 5.73 Å². The molecular formula is C14H23N3. The smallest absolute Gasteiger partial charge is 0.0417 e. The Morgan fingerprint density at radius 3 is 3.06 bits per heavy atom. The van der Waals surface area contributed by atoms with Gasteiger partial charge in [-0.3, -0.25) is 9.88 Å². The summed E-state index contributed by atoms with van der Waals surface area (Å²) in [5, 5.41) is 0. The van der Waals surface area contributed by atoms with Crippen LogP contribution in [-0.4, -0.2) is 28.5 Å². The van der Waals surface area contributed by atoms with Crippen LogP contribution in [0.25, 0.3) is 0 Å². The van der Waals surface area contributed by atoms with Gasteiger partial charge in [-0.15, -0.1) is 0 Å². The summed E-state index contributed by atoms with van der Waals surface area (Å²) in [5.41, 5.74) is 8.57. The van der Waals surface area contributed by atoms with Crippen LogP contribution in [0.4, 0.5) is 0 Å². The fourth-order valence-electron chi connectivity index (χ4n) is 2.71. The lowest BCUT2D eigenvalue weighted by atomic mass is 9.96. The third-order valence-electron chi connectivity index (χ3n) is 3.76. The SMILES string of the molecule is Cc1ncccc1CN1CCCCC1C(C)N. The molecule has 1 aromatic heterocycles. The van der Waals surface area contributed by atoms with Gasteiger partial charge in [-0.05, 0) is 44.9 Å².